The van der Waals surface area contributed by atoms with Gasteiger partial charge in [0.25, 0.3) is 0 Å². The maximum Gasteiger partial charge on any atom is 0.223 e. The molecule has 3 rings (SSSR count). The number of aliphatic hydroxyl groups is 7. The van der Waals surface area contributed by atoms with E-state index >= 15 is 0 Å². The van der Waals surface area contributed by atoms with Crippen molar-refractivity contribution in [2.75, 3.05) is 26.3 Å². The van der Waals surface area contributed by atoms with Crippen LogP contribution in [0.25, 0.3) is 0 Å². The third-order valence-corrected chi connectivity index (χ3v) is 6.31. The summed E-state index contributed by atoms with van der Waals surface area (Å²) in [5.74, 6) is -1.91. The van der Waals surface area contributed by atoms with Crippen LogP contribution in [0.2, 0.25) is 0 Å². The molecule has 0 aromatic heterocycles. The van der Waals surface area contributed by atoms with Crippen molar-refractivity contribution in [1.82, 2.24) is 4.90 Å². The Labute approximate surface area is 185 Å². The van der Waals surface area contributed by atoms with Crippen LogP contribution < -0.4 is 0 Å². The molecule has 0 saturated carbocycles. The van der Waals surface area contributed by atoms with Gasteiger partial charge in [-0.05, 0) is 18.3 Å². The molecule has 186 valence electrons. The van der Waals surface area contributed by atoms with Crippen LogP contribution in [0, 0.1) is 11.8 Å². The van der Waals surface area contributed by atoms with Gasteiger partial charge in [0.1, 0.15) is 42.7 Å². The van der Waals surface area contributed by atoms with Crippen molar-refractivity contribution < 1.29 is 54.8 Å². The van der Waals surface area contributed by atoms with Gasteiger partial charge in [-0.2, -0.15) is 0 Å². The van der Waals surface area contributed by atoms with Crippen LogP contribution in [0.4, 0.5) is 0 Å². The molecule has 0 spiro atoms. The topological polar surface area (TPSA) is 190 Å². The van der Waals surface area contributed by atoms with Crippen molar-refractivity contribution >= 4 is 5.91 Å². The lowest BCUT2D eigenvalue weighted by Gasteiger charge is -2.47. The molecule has 10 atom stereocenters. The monoisotopic (exact) mass is 465 g/mol. The predicted octanol–water partition coefficient (Wildman–Crippen LogP) is -3.49. The van der Waals surface area contributed by atoms with E-state index in [0.29, 0.717) is 18.9 Å². The summed E-state index contributed by atoms with van der Waals surface area (Å²) in [6, 6.07) is 0. The number of amides is 1. The van der Waals surface area contributed by atoms with Crippen LogP contribution in [0.5, 0.6) is 0 Å². The molecule has 0 radical (unpaired) electrons. The smallest absolute Gasteiger partial charge is 0.223 e. The van der Waals surface area contributed by atoms with E-state index in [9.17, 15) is 40.5 Å². The lowest BCUT2D eigenvalue weighted by molar-refractivity contribution is -0.369. The highest BCUT2D eigenvalue weighted by molar-refractivity contribution is 5.78. The molecular weight excluding hydrogens is 430 g/mol. The van der Waals surface area contributed by atoms with E-state index in [1.165, 1.54) is 4.90 Å². The number of carbonyl (C=O) groups excluding carboxylic acids is 1. The lowest BCUT2D eigenvalue weighted by atomic mass is 9.95. The predicted molar refractivity (Wildman–Crippen MR) is 106 cm³/mol. The minimum Gasteiger partial charge on any atom is -0.394 e. The Kier molecular flexibility index (Phi) is 8.14. The zero-order chi connectivity index (χ0) is 23.8. The summed E-state index contributed by atoms with van der Waals surface area (Å²) in [5, 5.41) is 71.3. The number of hydrogen-bond acceptors (Lipinski definition) is 11. The van der Waals surface area contributed by atoms with Crippen LogP contribution in [0.1, 0.15) is 26.7 Å². The van der Waals surface area contributed by atoms with Crippen molar-refractivity contribution in [3.8, 4) is 0 Å². The van der Waals surface area contributed by atoms with Crippen LogP contribution in [0.3, 0.4) is 0 Å². The summed E-state index contributed by atoms with van der Waals surface area (Å²) in [4.78, 5) is 13.8. The summed E-state index contributed by atoms with van der Waals surface area (Å²) >= 11 is 0. The molecule has 0 aliphatic carbocycles. The SMILES string of the molecule is CC(C)C[C@@H]1CC(=O)N(C[C@@]2(O)OC[C@@H](O)[C@@H](O[C@@H]3O[C@H](CO)[C@H](O)[C@H](O)[C@H]3O)[C@@H]2O)C1. The van der Waals surface area contributed by atoms with Crippen molar-refractivity contribution in [2.45, 2.75) is 81.5 Å². The highest BCUT2D eigenvalue weighted by Crippen LogP contribution is 2.33. The molecule has 7 N–H and O–H groups in total. The Morgan fingerprint density at radius 2 is 1.84 bits per heavy atom. The van der Waals surface area contributed by atoms with Gasteiger partial charge in [0, 0.05) is 13.0 Å². The Morgan fingerprint density at radius 1 is 1.16 bits per heavy atom. The van der Waals surface area contributed by atoms with Gasteiger partial charge in [0.15, 0.2) is 6.29 Å². The summed E-state index contributed by atoms with van der Waals surface area (Å²) in [7, 11) is 0. The number of aliphatic hydroxyl groups excluding tert-OH is 6. The van der Waals surface area contributed by atoms with Gasteiger partial charge >= 0.3 is 0 Å². The summed E-state index contributed by atoms with van der Waals surface area (Å²) < 4.78 is 16.0. The minimum absolute atomic E-state index is 0.124. The number of nitrogens with zero attached hydrogens (tertiary/aromatic N) is 1. The molecule has 12 heteroatoms. The zero-order valence-electron chi connectivity index (χ0n) is 18.2. The first-order chi connectivity index (χ1) is 15.0. The van der Waals surface area contributed by atoms with Gasteiger partial charge in [-0.3, -0.25) is 4.79 Å². The number of rotatable bonds is 7. The molecule has 3 fully saturated rings. The van der Waals surface area contributed by atoms with Crippen molar-refractivity contribution in [1.29, 1.82) is 0 Å². The lowest BCUT2D eigenvalue weighted by Crippen LogP contribution is -2.67. The van der Waals surface area contributed by atoms with E-state index in [1.807, 2.05) is 0 Å². The largest absolute Gasteiger partial charge is 0.394 e. The number of carbonyl (C=O) groups is 1. The average molecular weight is 465 g/mol. The molecule has 1 amide bonds. The second-order valence-corrected chi connectivity index (χ2v) is 9.44. The highest BCUT2D eigenvalue weighted by atomic mass is 16.7. The first kappa shape index (κ1) is 25.7. The van der Waals surface area contributed by atoms with Crippen molar-refractivity contribution in [3.05, 3.63) is 0 Å². The van der Waals surface area contributed by atoms with Crippen LogP contribution in [0.15, 0.2) is 0 Å². The van der Waals surface area contributed by atoms with E-state index in [4.69, 9.17) is 14.2 Å². The standard InChI is InChI=1S/C20H35NO11/c1-9(2)3-10-4-13(24)21(5-10)8-20(29)18(28)17(11(23)7-30-20)32-19-16(27)15(26)14(25)12(6-22)31-19/h9-12,14-19,22-23,25-29H,3-8H2,1-2H3/t10-,11-,12-,14+,15+,16-,17-,18+,19+,20-/m1/s1. The summed E-state index contributed by atoms with van der Waals surface area (Å²) in [5.41, 5.74) is 0. The first-order valence-electron chi connectivity index (χ1n) is 10.9. The molecule has 0 aromatic rings. The Morgan fingerprint density at radius 3 is 2.47 bits per heavy atom. The Bertz CT molecular complexity index is 649. The third kappa shape index (κ3) is 5.25. The molecule has 0 unspecified atom stereocenters. The molecule has 3 saturated heterocycles. The van der Waals surface area contributed by atoms with Gasteiger partial charge in [0.2, 0.25) is 11.7 Å². The Hall–Kier alpha value is -0.930. The molecule has 12 nitrogen and oxygen atoms in total. The van der Waals surface area contributed by atoms with Gasteiger partial charge in [0.05, 0.1) is 19.8 Å². The summed E-state index contributed by atoms with van der Waals surface area (Å²) in [6.45, 7) is 3.04. The van der Waals surface area contributed by atoms with E-state index in [1.54, 1.807) is 0 Å². The highest BCUT2D eigenvalue weighted by Gasteiger charge is 2.54. The van der Waals surface area contributed by atoms with Gasteiger partial charge in [-0.25, -0.2) is 0 Å². The molecular formula is C20H35NO11. The molecule has 3 heterocycles. The second kappa shape index (κ2) is 10.1. The zero-order valence-corrected chi connectivity index (χ0v) is 18.2. The van der Waals surface area contributed by atoms with E-state index < -0.39 is 68.0 Å². The van der Waals surface area contributed by atoms with E-state index in [-0.39, 0.29) is 18.4 Å². The molecule has 0 aromatic carbocycles. The fourth-order valence-corrected chi connectivity index (χ4v) is 4.62. The number of hydrogen-bond donors (Lipinski definition) is 7. The normalized spacial score (nSPS) is 45.6. The molecule has 0 bridgehead atoms. The molecule has 3 aliphatic heterocycles. The Balaban J connectivity index is 1.69. The summed E-state index contributed by atoms with van der Waals surface area (Å²) in [6.07, 6.45) is -11.5. The quantitative estimate of drug-likeness (QED) is 0.198. The minimum atomic E-state index is -2.25. The van der Waals surface area contributed by atoms with Crippen LogP contribution in [-0.2, 0) is 19.0 Å². The van der Waals surface area contributed by atoms with Gasteiger partial charge in [-0.15, -0.1) is 0 Å². The fourth-order valence-electron chi connectivity index (χ4n) is 4.62. The van der Waals surface area contributed by atoms with Crippen LogP contribution >= 0.6 is 0 Å². The number of likely N-dealkylation sites (tertiary alicyclic amines) is 1. The number of ether oxygens (including phenoxy) is 3. The van der Waals surface area contributed by atoms with Crippen molar-refractivity contribution in [2.24, 2.45) is 11.8 Å². The van der Waals surface area contributed by atoms with Gasteiger partial charge in [-0.1, -0.05) is 13.8 Å². The van der Waals surface area contributed by atoms with Crippen LogP contribution in [-0.4, -0.2) is 128 Å². The maximum atomic E-state index is 12.4. The third-order valence-electron chi connectivity index (χ3n) is 6.31. The van der Waals surface area contributed by atoms with Gasteiger partial charge < -0.3 is 54.9 Å². The van der Waals surface area contributed by atoms with E-state index in [2.05, 4.69) is 13.8 Å². The second-order valence-electron chi connectivity index (χ2n) is 9.44. The first-order valence-corrected chi connectivity index (χ1v) is 10.9. The van der Waals surface area contributed by atoms with E-state index in [0.717, 1.165) is 6.42 Å². The maximum absolute atomic E-state index is 12.4. The van der Waals surface area contributed by atoms with Crippen molar-refractivity contribution in [3.63, 3.8) is 0 Å². The number of β-amino-alcohol motifs (C(OH)–C–C–N with tert-alkyl or cyclic N) is 1. The molecule has 3 aliphatic rings. The average Bonchev–Trinajstić information content (AvgIpc) is 3.06. The molecule has 32 heavy (non-hydrogen) atoms. The fraction of sp³-hybridized carbons (Fsp3) is 0.950.